The summed E-state index contributed by atoms with van der Waals surface area (Å²) < 4.78 is 5.45. The Morgan fingerprint density at radius 2 is 2.21 bits per heavy atom. The average Bonchev–Trinajstić information content (AvgIpc) is 2.32. The summed E-state index contributed by atoms with van der Waals surface area (Å²) in [6, 6.07) is -0.681. The SMILES string of the molecule is CC(=O)N[C@@H]1[C@@H](O)C=C(C(=O)O)C[C@H]1OCCCO. The van der Waals surface area contributed by atoms with Crippen molar-refractivity contribution in [2.24, 2.45) is 0 Å². The van der Waals surface area contributed by atoms with E-state index in [2.05, 4.69) is 5.32 Å². The molecule has 7 nitrogen and oxygen atoms in total. The molecule has 0 unspecified atom stereocenters. The van der Waals surface area contributed by atoms with E-state index in [1.165, 1.54) is 13.0 Å². The number of carbonyl (C=O) groups is 2. The van der Waals surface area contributed by atoms with Crippen LogP contribution in [0.1, 0.15) is 19.8 Å². The number of amides is 1. The molecule has 4 N–H and O–H groups in total. The van der Waals surface area contributed by atoms with Crippen molar-refractivity contribution in [1.29, 1.82) is 0 Å². The summed E-state index contributed by atoms with van der Waals surface area (Å²) in [7, 11) is 0. The molecule has 0 spiro atoms. The third-order valence-electron chi connectivity index (χ3n) is 2.84. The molecule has 1 amide bonds. The van der Waals surface area contributed by atoms with Crippen molar-refractivity contribution in [3.8, 4) is 0 Å². The molecule has 0 bridgehead atoms. The smallest absolute Gasteiger partial charge is 0.331 e. The number of ether oxygens (including phenoxy) is 1. The van der Waals surface area contributed by atoms with Crippen LogP contribution in [0.4, 0.5) is 0 Å². The van der Waals surface area contributed by atoms with Gasteiger partial charge in [-0.15, -0.1) is 0 Å². The number of aliphatic hydroxyl groups is 2. The number of rotatable bonds is 6. The molecule has 0 saturated carbocycles. The van der Waals surface area contributed by atoms with Gasteiger partial charge in [-0.05, 0) is 12.5 Å². The molecule has 7 heteroatoms. The third-order valence-corrected chi connectivity index (χ3v) is 2.84. The van der Waals surface area contributed by atoms with Crippen LogP contribution in [-0.2, 0) is 14.3 Å². The first-order valence-corrected chi connectivity index (χ1v) is 6.07. The van der Waals surface area contributed by atoms with Crippen LogP contribution < -0.4 is 5.32 Å². The molecule has 3 atom stereocenters. The highest BCUT2D eigenvalue weighted by molar-refractivity contribution is 5.87. The van der Waals surface area contributed by atoms with E-state index in [1.54, 1.807) is 0 Å². The first kappa shape index (κ1) is 15.6. The number of nitrogens with one attached hydrogen (secondary N) is 1. The highest BCUT2D eigenvalue weighted by atomic mass is 16.5. The highest BCUT2D eigenvalue weighted by Crippen LogP contribution is 2.22. The number of aliphatic carboxylic acids is 1. The first-order chi connectivity index (χ1) is 8.95. The van der Waals surface area contributed by atoms with E-state index in [0.717, 1.165) is 0 Å². The number of hydrogen-bond donors (Lipinski definition) is 4. The molecule has 0 saturated heterocycles. The topological polar surface area (TPSA) is 116 Å². The lowest BCUT2D eigenvalue weighted by molar-refractivity contribution is -0.134. The van der Waals surface area contributed by atoms with Crippen LogP contribution >= 0.6 is 0 Å². The molecule has 19 heavy (non-hydrogen) atoms. The Morgan fingerprint density at radius 1 is 1.53 bits per heavy atom. The van der Waals surface area contributed by atoms with Gasteiger partial charge in [-0.1, -0.05) is 0 Å². The Labute approximate surface area is 110 Å². The molecule has 0 radical (unpaired) electrons. The van der Waals surface area contributed by atoms with Crippen LogP contribution in [0.3, 0.4) is 0 Å². The van der Waals surface area contributed by atoms with E-state index >= 15 is 0 Å². The summed E-state index contributed by atoms with van der Waals surface area (Å²) in [5.41, 5.74) is 0.0584. The molecule has 0 fully saturated rings. The molecule has 1 aliphatic carbocycles. The second-order valence-electron chi connectivity index (χ2n) is 4.40. The highest BCUT2D eigenvalue weighted by Gasteiger charge is 2.35. The molecule has 108 valence electrons. The van der Waals surface area contributed by atoms with Gasteiger partial charge >= 0.3 is 5.97 Å². The number of hydrogen-bond acceptors (Lipinski definition) is 5. The fourth-order valence-corrected chi connectivity index (χ4v) is 1.97. The fraction of sp³-hybridized carbons (Fsp3) is 0.667. The minimum atomic E-state index is -1.11. The van der Waals surface area contributed by atoms with Crippen molar-refractivity contribution in [2.45, 2.75) is 38.0 Å². The lowest BCUT2D eigenvalue weighted by Crippen LogP contribution is -2.53. The zero-order valence-corrected chi connectivity index (χ0v) is 10.7. The number of carboxylic acids is 1. The second-order valence-corrected chi connectivity index (χ2v) is 4.40. The molecule has 1 rings (SSSR count). The van der Waals surface area contributed by atoms with Crippen LogP contribution in [0.15, 0.2) is 11.6 Å². The zero-order valence-electron chi connectivity index (χ0n) is 10.7. The first-order valence-electron chi connectivity index (χ1n) is 6.07. The summed E-state index contributed by atoms with van der Waals surface area (Å²) in [5, 5.41) is 30.1. The summed E-state index contributed by atoms with van der Waals surface area (Å²) in [5.74, 6) is -1.44. The van der Waals surface area contributed by atoms with E-state index in [-0.39, 0.29) is 31.1 Å². The van der Waals surface area contributed by atoms with E-state index in [9.17, 15) is 14.7 Å². The molecular formula is C12H19NO6. The molecule has 0 aliphatic heterocycles. The van der Waals surface area contributed by atoms with Crippen molar-refractivity contribution in [2.75, 3.05) is 13.2 Å². The number of carbonyl (C=O) groups excluding carboxylic acids is 1. The molecule has 0 aromatic rings. The van der Waals surface area contributed by atoms with E-state index in [0.29, 0.717) is 6.42 Å². The van der Waals surface area contributed by atoms with Crippen molar-refractivity contribution >= 4 is 11.9 Å². The monoisotopic (exact) mass is 273 g/mol. The molecular weight excluding hydrogens is 254 g/mol. The maximum atomic E-state index is 11.1. The molecule has 0 aromatic carbocycles. The average molecular weight is 273 g/mol. The van der Waals surface area contributed by atoms with Gasteiger partial charge in [0.2, 0.25) is 5.91 Å². The standard InChI is InChI=1S/C12H19NO6/c1-7(15)13-11-9(16)5-8(12(17)18)6-10(11)19-4-2-3-14/h5,9-11,14,16H,2-4,6H2,1H3,(H,13,15)(H,17,18)/t9-,10+,11+/m0/s1. The number of carboxylic acid groups (broad SMARTS) is 1. The number of aliphatic hydroxyl groups excluding tert-OH is 2. The molecule has 0 aromatic heterocycles. The van der Waals surface area contributed by atoms with Crippen molar-refractivity contribution in [3.63, 3.8) is 0 Å². The predicted molar refractivity (Wildman–Crippen MR) is 65.4 cm³/mol. The minimum absolute atomic E-state index is 0.0400. The van der Waals surface area contributed by atoms with Gasteiger partial charge in [0.1, 0.15) is 0 Å². The second kappa shape index (κ2) is 7.22. The fourth-order valence-electron chi connectivity index (χ4n) is 1.97. The summed E-state index contributed by atoms with van der Waals surface area (Å²) in [4.78, 5) is 22.0. The molecule has 1 aliphatic rings. The van der Waals surface area contributed by atoms with Crippen molar-refractivity contribution in [1.82, 2.24) is 5.32 Å². The molecule has 0 heterocycles. The van der Waals surface area contributed by atoms with Gasteiger partial charge in [0.25, 0.3) is 0 Å². The van der Waals surface area contributed by atoms with Gasteiger partial charge in [0, 0.05) is 32.1 Å². The van der Waals surface area contributed by atoms with Crippen LogP contribution in [0.5, 0.6) is 0 Å². The Morgan fingerprint density at radius 3 is 2.74 bits per heavy atom. The van der Waals surface area contributed by atoms with Gasteiger partial charge in [-0.25, -0.2) is 4.79 Å². The lowest BCUT2D eigenvalue weighted by atomic mass is 9.90. The Bertz CT molecular complexity index is 367. The Hall–Kier alpha value is -1.44. The minimum Gasteiger partial charge on any atom is -0.478 e. The van der Waals surface area contributed by atoms with Crippen LogP contribution in [-0.4, -0.2) is 58.7 Å². The van der Waals surface area contributed by atoms with Crippen LogP contribution in [0.2, 0.25) is 0 Å². The summed E-state index contributed by atoms with van der Waals surface area (Å²) >= 11 is 0. The summed E-state index contributed by atoms with van der Waals surface area (Å²) in [6.45, 7) is 1.51. The summed E-state index contributed by atoms with van der Waals surface area (Å²) in [6.07, 6.45) is -0.00670. The van der Waals surface area contributed by atoms with Gasteiger partial charge in [0.15, 0.2) is 0 Å². The maximum absolute atomic E-state index is 11.1. The normalized spacial score (nSPS) is 26.7. The Kier molecular flexibility index (Phi) is 5.94. The van der Waals surface area contributed by atoms with E-state index in [1.807, 2.05) is 0 Å². The van der Waals surface area contributed by atoms with Crippen molar-refractivity contribution < 1.29 is 29.6 Å². The largest absolute Gasteiger partial charge is 0.478 e. The Balaban J connectivity index is 2.78. The van der Waals surface area contributed by atoms with E-state index < -0.39 is 24.2 Å². The van der Waals surface area contributed by atoms with Crippen molar-refractivity contribution in [3.05, 3.63) is 11.6 Å². The zero-order chi connectivity index (χ0) is 14.4. The van der Waals surface area contributed by atoms with Gasteiger partial charge < -0.3 is 25.4 Å². The van der Waals surface area contributed by atoms with Gasteiger partial charge in [0.05, 0.1) is 18.2 Å². The van der Waals surface area contributed by atoms with Crippen LogP contribution in [0, 0.1) is 0 Å². The van der Waals surface area contributed by atoms with Gasteiger partial charge in [-0.3, -0.25) is 4.79 Å². The van der Waals surface area contributed by atoms with E-state index in [4.69, 9.17) is 14.9 Å². The quantitative estimate of drug-likeness (QED) is 0.463. The maximum Gasteiger partial charge on any atom is 0.331 e. The third kappa shape index (κ3) is 4.62. The lowest BCUT2D eigenvalue weighted by Gasteiger charge is -2.34. The predicted octanol–water partition coefficient (Wildman–Crippen LogP) is -0.966. The van der Waals surface area contributed by atoms with Gasteiger partial charge in [-0.2, -0.15) is 0 Å². The van der Waals surface area contributed by atoms with Crippen LogP contribution in [0.25, 0.3) is 0 Å².